The Hall–Kier alpha value is -3.23. The zero-order valence-electron chi connectivity index (χ0n) is 18.7. The summed E-state index contributed by atoms with van der Waals surface area (Å²) >= 11 is 0. The highest BCUT2D eigenvalue weighted by molar-refractivity contribution is 6.04. The largest absolute Gasteiger partial charge is 0.352 e. The van der Waals surface area contributed by atoms with Crippen LogP contribution in [0.4, 0.5) is 23.2 Å². The first kappa shape index (κ1) is 23.9. The molecule has 0 aromatic heterocycles. The summed E-state index contributed by atoms with van der Waals surface area (Å²) in [5.74, 6) is -8.60. The van der Waals surface area contributed by atoms with Gasteiger partial charge in [-0.3, -0.25) is 14.4 Å². The number of halogens is 4. The second kappa shape index (κ2) is 8.85. The predicted molar refractivity (Wildman–Crippen MR) is 116 cm³/mol. The average Bonchev–Trinajstić information content (AvgIpc) is 3.04. The molecular weight excluding hydrogens is 452 g/mol. The first-order valence-corrected chi connectivity index (χ1v) is 11.1. The molecule has 2 aromatic carbocycles. The molecule has 2 aromatic rings. The van der Waals surface area contributed by atoms with Crippen molar-refractivity contribution in [2.45, 2.75) is 57.5 Å². The molecule has 9 heteroatoms. The molecule has 2 heterocycles. The van der Waals surface area contributed by atoms with Crippen molar-refractivity contribution in [3.63, 3.8) is 0 Å². The highest BCUT2D eigenvalue weighted by Gasteiger charge is 2.53. The minimum atomic E-state index is -4.20. The fraction of sp³-hybridized carbons (Fsp3) is 0.400. The summed E-state index contributed by atoms with van der Waals surface area (Å²) in [6.45, 7) is 2.95. The molecule has 0 spiro atoms. The summed E-state index contributed by atoms with van der Waals surface area (Å²) < 4.78 is 58.6. The van der Waals surface area contributed by atoms with Gasteiger partial charge in [0.2, 0.25) is 0 Å². The van der Waals surface area contributed by atoms with Gasteiger partial charge in [0, 0.05) is 29.3 Å². The molecular formula is C25H24F4N2O3. The maximum Gasteiger partial charge on any atom is 0.352 e. The van der Waals surface area contributed by atoms with E-state index in [0.717, 1.165) is 23.1 Å². The number of hydrogen-bond acceptors (Lipinski definition) is 3. The minimum Gasteiger partial charge on any atom is -0.331 e. The monoisotopic (exact) mass is 476 g/mol. The van der Waals surface area contributed by atoms with Crippen LogP contribution < -0.4 is 5.32 Å². The molecule has 0 aliphatic carbocycles. The van der Waals surface area contributed by atoms with Crippen LogP contribution in [0.5, 0.6) is 0 Å². The SMILES string of the molecule is CC(=O)C1CC2CC[C@H](C1)N2C(=O)C(F)(F)c1cc(C(=O)Nc2ccc(F)c(C)c2)ccc1F. The van der Waals surface area contributed by atoms with Crippen LogP contribution in [0.1, 0.15) is 54.1 Å². The summed E-state index contributed by atoms with van der Waals surface area (Å²) in [7, 11) is 0. The molecule has 2 saturated heterocycles. The zero-order chi connectivity index (χ0) is 24.8. The molecule has 34 heavy (non-hydrogen) atoms. The molecule has 3 atom stereocenters. The predicted octanol–water partition coefficient (Wildman–Crippen LogP) is 4.98. The quantitative estimate of drug-likeness (QED) is 0.620. The number of ketones is 1. The molecule has 0 radical (unpaired) electrons. The maximum absolute atomic E-state index is 15.3. The Morgan fingerprint density at radius 3 is 2.18 bits per heavy atom. The Labute approximate surface area is 194 Å². The highest BCUT2D eigenvalue weighted by atomic mass is 19.3. The number of fused-ring (bicyclic) bond motifs is 2. The lowest BCUT2D eigenvalue weighted by atomic mass is 9.87. The highest BCUT2D eigenvalue weighted by Crippen LogP contribution is 2.43. The number of amides is 2. The fourth-order valence-corrected chi connectivity index (χ4v) is 4.95. The number of carbonyl (C=O) groups excluding carboxylic acids is 3. The van der Waals surface area contributed by atoms with Gasteiger partial charge >= 0.3 is 5.92 Å². The first-order valence-electron chi connectivity index (χ1n) is 11.1. The number of carbonyl (C=O) groups is 3. The van der Waals surface area contributed by atoms with E-state index in [-0.39, 0.29) is 28.5 Å². The van der Waals surface area contributed by atoms with Crippen LogP contribution >= 0.6 is 0 Å². The summed E-state index contributed by atoms with van der Waals surface area (Å²) in [6, 6.07) is 5.26. The number of nitrogens with one attached hydrogen (secondary N) is 1. The van der Waals surface area contributed by atoms with E-state index in [1.165, 1.54) is 26.0 Å². The number of anilines is 1. The first-order chi connectivity index (χ1) is 16.0. The van der Waals surface area contributed by atoms with Crippen LogP contribution in [0.3, 0.4) is 0 Å². The van der Waals surface area contributed by atoms with E-state index in [4.69, 9.17) is 0 Å². The molecule has 180 valence electrons. The number of benzene rings is 2. The van der Waals surface area contributed by atoms with Crippen LogP contribution in [-0.4, -0.2) is 34.6 Å². The summed E-state index contributed by atoms with van der Waals surface area (Å²) in [6.07, 6.45) is 1.65. The Morgan fingerprint density at radius 2 is 1.59 bits per heavy atom. The van der Waals surface area contributed by atoms with Gasteiger partial charge in [-0.15, -0.1) is 0 Å². The Morgan fingerprint density at radius 1 is 0.971 bits per heavy atom. The number of rotatable bonds is 5. The van der Waals surface area contributed by atoms with Gasteiger partial charge in [-0.2, -0.15) is 8.78 Å². The second-order valence-electron chi connectivity index (χ2n) is 9.06. The van der Waals surface area contributed by atoms with Crippen molar-refractivity contribution in [1.29, 1.82) is 0 Å². The topological polar surface area (TPSA) is 66.5 Å². The number of nitrogens with zero attached hydrogens (tertiary/aromatic N) is 1. The third kappa shape index (κ3) is 4.31. The lowest BCUT2D eigenvalue weighted by Crippen LogP contribution is -2.52. The van der Waals surface area contributed by atoms with E-state index in [9.17, 15) is 23.2 Å². The van der Waals surface area contributed by atoms with Gasteiger partial charge in [0.15, 0.2) is 0 Å². The minimum absolute atomic E-state index is 0.0307. The van der Waals surface area contributed by atoms with Gasteiger partial charge < -0.3 is 10.2 Å². The van der Waals surface area contributed by atoms with Crippen LogP contribution in [0, 0.1) is 24.5 Å². The number of Topliss-reactive ketones (excluding diaryl/α,β-unsaturated/α-hetero) is 1. The van der Waals surface area contributed by atoms with Gasteiger partial charge in [-0.1, -0.05) is 0 Å². The van der Waals surface area contributed by atoms with E-state index in [0.29, 0.717) is 31.7 Å². The summed E-state index contributed by atoms with van der Waals surface area (Å²) in [5, 5.41) is 2.46. The number of piperidine rings is 1. The van der Waals surface area contributed by atoms with Crippen molar-refractivity contribution in [1.82, 2.24) is 4.90 Å². The average molecular weight is 476 g/mol. The van der Waals surface area contributed by atoms with E-state index in [1.54, 1.807) is 0 Å². The molecule has 2 aliphatic rings. The van der Waals surface area contributed by atoms with E-state index in [2.05, 4.69) is 5.32 Å². The smallest absolute Gasteiger partial charge is 0.331 e. The van der Waals surface area contributed by atoms with Crippen LogP contribution in [0.2, 0.25) is 0 Å². The Kier molecular flexibility index (Phi) is 6.22. The molecule has 2 bridgehead atoms. The van der Waals surface area contributed by atoms with Crippen molar-refractivity contribution >= 4 is 23.3 Å². The van der Waals surface area contributed by atoms with E-state index < -0.39 is 47.0 Å². The van der Waals surface area contributed by atoms with Crippen LogP contribution in [0.15, 0.2) is 36.4 Å². The third-order valence-corrected chi connectivity index (χ3v) is 6.79. The summed E-state index contributed by atoms with van der Waals surface area (Å²) in [5.41, 5.74) is -0.946. The Bertz CT molecular complexity index is 1150. The third-order valence-electron chi connectivity index (χ3n) is 6.79. The zero-order valence-corrected chi connectivity index (χ0v) is 18.7. The number of hydrogen-bond donors (Lipinski definition) is 1. The van der Waals surface area contributed by atoms with Crippen molar-refractivity contribution in [2.24, 2.45) is 5.92 Å². The second-order valence-corrected chi connectivity index (χ2v) is 9.06. The molecule has 2 aliphatic heterocycles. The maximum atomic E-state index is 15.3. The molecule has 4 rings (SSSR count). The molecule has 1 N–H and O–H groups in total. The summed E-state index contributed by atoms with van der Waals surface area (Å²) in [4.78, 5) is 38.4. The molecule has 5 nitrogen and oxygen atoms in total. The van der Waals surface area contributed by atoms with Gasteiger partial charge in [0.05, 0.1) is 5.56 Å². The Balaban J connectivity index is 1.58. The molecule has 2 amide bonds. The van der Waals surface area contributed by atoms with Gasteiger partial charge in [0.25, 0.3) is 11.8 Å². The standard InChI is InChI=1S/C25H24F4N2O3/c1-13-9-17(4-8-21(13)26)30-23(33)15-3-7-22(27)20(12-15)25(28,29)24(34)31-18-5-6-19(31)11-16(10-18)14(2)32/h3-4,7-9,12,16,18-19H,5-6,10-11H2,1-2H3,(H,30,33)/t16?,18-,19?/m1/s1. The van der Waals surface area contributed by atoms with Crippen LogP contribution in [-0.2, 0) is 15.5 Å². The van der Waals surface area contributed by atoms with Crippen molar-refractivity contribution in [3.05, 3.63) is 64.7 Å². The van der Waals surface area contributed by atoms with Crippen LogP contribution in [0.25, 0.3) is 0 Å². The normalized spacial score (nSPS) is 21.9. The van der Waals surface area contributed by atoms with Gasteiger partial charge in [-0.25, -0.2) is 8.78 Å². The van der Waals surface area contributed by atoms with Crippen molar-refractivity contribution < 1.29 is 31.9 Å². The molecule has 2 fully saturated rings. The van der Waals surface area contributed by atoms with Gasteiger partial charge in [-0.05, 0) is 81.5 Å². The fourth-order valence-electron chi connectivity index (χ4n) is 4.95. The number of alkyl halides is 2. The number of aryl methyl sites for hydroxylation is 1. The molecule has 0 saturated carbocycles. The van der Waals surface area contributed by atoms with Crippen molar-refractivity contribution in [3.8, 4) is 0 Å². The van der Waals surface area contributed by atoms with E-state index in [1.807, 2.05) is 0 Å². The molecule has 2 unspecified atom stereocenters. The van der Waals surface area contributed by atoms with E-state index >= 15 is 8.78 Å². The lowest BCUT2D eigenvalue weighted by molar-refractivity contribution is -0.165. The lowest BCUT2D eigenvalue weighted by Gasteiger charge is -2.39. The van der Waals surface area contributed by atoms with Gasteiger partial charge in [0.1, 0.15) is 17.4 Å². The van der Waals surface area contributed by atoms with Crippen molar-refractivity contribution in [2.75, 3.05) is 5.32 Å².